The van der Waals surface area contributed by atoms with Crippen molar-refractivity contribution < 1.29 is 0 Å². The van der Waals surface area contributed by atoms with Gasteiger partial charge in [0.15, 0.2) is 0 Å². The van der Waals surface area contributed by atoms with Crippen LogP contribution in [0.15, 0.2) is 24.5 Å². The van der Waals surface area contributed by atoms with Gasteiger partial charge in [-0.3, -0.25) is 4.98 Å². The first kappa shape index (κ1) is 12.3. The molecule has 0 spiro atoms. The van der Waals surface area contributed by atoms with Crippen LogP contribution in [0.2, 0.25) is 0 Å². The topological polar surface area (TPSA) is 65.4 Å². The molecule has 2 aromatic rings. The lowest BCUT2D eigenvalue weighted by molar-refractivity contribution is 0.565. The van der Waals surface area contributed by atoms with Crippen LogP contribution in [0.4, 0.5) is 0 Å². The van der Waals surface area contributed by atoms with Gasteiger partial charge in [-0.25, -0.2) is 4.98 Å². The molecule has 4 heteroatoms. The van der Waals surface area contributed by atoms with Crippen LogP contribution >= 0.6 is 0 Å². The summed E-state index contributed by atoms with van der Waals surface area (Å²) in [6, 6.07) is 6.14. The predicted octanol–water partition coefficient (Wildman–Crippen LogP) is 3.04. The van der Waals surface area contributed by atoms with Crippen LogP contribution in [-0.2, 0) is 0 Å². The van der Waals surface area contributed by atoms with Crippen LogP contribution in [0.3, 0.4) is 0 Å². The van der Waals surface area contributed by atoms with E-state index in [9.17, 15) is 5.26 Å². The first-order chi connectivity index (χ1) is 8.63. The highest BCUT2D eigenvalue weighted by molar-refractivity contribution is 5.61. The standard InChI is InChI=1S/C14H16N4/c1-9(2)12(8-15)14-17-10(3)13(18-14)11-4-6-16-7-5-11/h4-7,9,12H,1-3H3,(H,17,18). The van der Waals surface area contributed by atoms with Crippen molar-refractivity contribution in [2.75, 3.05) is 0 Å². The number of rotatable bonds is 3. The van der Waals surface area contributed by atoms with Gasteiger partial charge in [0, 0.05) is 23.7 Å². The molecule has 0 saturated carbocycles. The maximum atomic E-state index is 9.20. The van der Waals surface area contributed by atoms with Crippen LogP contribution in [0, 0.1) is 24.2 Å². The third kappa shape index (κ3) is 2.25. The molecule has 18 heavy (non-hydrogen) atoms. The molecule has 4 nitrogen and oxygen atoms in total. The van der Waals surface area contributed by atoms with Crippen molar-refractivity contribution in [1.29, 1.82) is 5.26 Å². The zero-order valence-corrected chi connectivity index (χ0v) is 10.8. The number of aryl methyl sites for hydroxylation is 1. The van der Waals surface area contributed by atoms with E-state index in [4.69, 9.17) is 0 Å². The summed E-state index contributed by atoms with van der Waals surface area (Å²) in [5, 5.41) is 9.20. The Morgan fingerprint density at radius 2 is 1.94 bits per heavy atom. The molecule has 0 aliphatic rings. The van der Waals surface area contributed by atoms with E-state index >= 15 is 0 Å². The lowest BCUT2D eigenvalue weighted by Gasteiger charge is -2.08. The summed E-state index contributed by atoms with van der Waals surface area (Å²) in [6.07, 6.45) is 3.49. The Bertz CT molecular complexity index is 563. The second kappa shape index (κ2) is 5.01. The largest absolute Gasteiger partial charge is 0.344 e. The maximum Gasteiger partial charge on any atom is 0.124 e. The first-order valence-corrected chi connectivity index (χ1v) is 6.00. The highest BCUT2D eigenvalue weighted by Crippen LogP contribution is 2.26. The van der Waals surface area contributed by atoms with Crippen LogP contribution in [-0.4, -0.2) is 15.0 Å². The van der Waals surface area contributed by atoms with Crippen LogP contribution in [0.5, 0.6) is 0 Å². The smallest absolute Gasteiger partial charge is 0.124 e. The number of aromatic nitrogens is 3. The number of hydrogen-bond acceptors (Lipinski definition) is 3. The molecule has 2 heterocycles. The van der Waals surface area contributed by atoms with Crippen LogP contribution in [0.1, 0.15) is 31.3 Å². The fourth-order valence-electron chi connectivity index (χ4n) is 1.95. The van der Waals surface area contributed by atoms with Gasteiger partial charge in [0.1, 0.15) is 11.7 Å². The van der Waals surface area contributed by atoms with Gasteiger partial charge < -0.3 is 4.98 Å². The molecule has 0 fully saturated rings. The Morgan fingerprint density at radius 3 is 2.50 bits per heavy atom. The SMILES string of the molecule is Cc1[nH]c(C(C#N)C(C)C)nc1-c1ccncc1. The fraction of sp³-hybridized carbons (Fsp3) is 0.357. The molecule has 0 aliphatic heterocycles. The summed E-state index contributed by atoms with van der Waals surface area (Å²) >= 11 is 0. The quantitative estimate of drug-likeness (QED) is 0.896. The number of imidazole rings is 1. The highest BCUT2D eigenvalue weighted by atomic mass is 14.9. The molecule has 0 radical (unpaired) electrons. The Morgan fingerprint density at radius 1 is 1.28 bits per heavy atom. The number of nitrogens with one attached hydrogen (secondary N) is 1. The van der Waals surface area contributed by atoms with Gasteiger partial charge in [-0.1, -0.05) is 13.8 Å². The van der Waals surface area contributed by atoms with Gasteiger partial charge in [0.2, 0.25) is 0 Å². The molecule has 1 atom stereocenters. The van der Waals surface area contributed by atoms with Gasteiger partial charge in [0.05, 0.1) is 11.8 Å². The number of nitrogens with zero attached hydrogens (tertiary/aromatic N) is 3. The van der Waals surface area contributed by atoms with Gasteiger partial charge in [-0.2, -0.15) is 5.26 Å². The summed E-state index contributed by atoms with van der Waals surface area (Å²) in [4.78, 5) is 11.8. The average Bonchev–Trinajstić information content (AvgIpc) is 2.73. The van der Waals surface area contributed by atoms with Crippen molar-refractivity contribution in [2.45, 2.75) is 26.7 Å². The number of pyridine rings is 1. The van der Waals surface area contributed by atoms with Crippen molar-refractivity contribution >= 4 is 0 Å². The predicted molar refractivity (Wildman–Crippen MR) is 69.7 cm³/mol. The normalized spacial score (nSPS) is 12.4. The fourth-order valence-corrected chi connectivity index (χ4v) is 1.95. The molecule has 2 aromatic heterocycles. The number of aromatic amines is 1. The second-order valence-electron chi connectivity index (χ2n) is 4.68. The molecule has 1 N–H and O–H groups in total. The van der Waals surface area contributed by atoms with E-state index in [1.807, 2.05) is 32.9 Å². The molecule has 2 rings (SSSR count). The van der Waals surface area contributed by atoms with E-state index in [-0.39, 0.29) is 11.8 Å². The lowest BCUT2D eigenvalue weighted by atomic mass is 9.97. The Balaban J connectivity index is 2.42. The number of nitriles is 1. The molecule has 0 aromatic carbocycles. The minimum atomic E-state index is -0.195. The molecular formula is C14H16N4. The van der Waals surface area contributed by atoms with E-state index in [1.54, 1.807) is 12.4 Å². The van der Waals surface area contributed by atoms with Crippen molar-refractivity contribution in [3.05, 3.63) is 36.0 Å². The van der Waals surface area contributed by atoms with E-state index in [0.717, 1.165) is 22.8 Å². The van der Waals surface area contributed by atoms with E-state index in [2.05, 4.69) is 21.0 Å². The monoisotopic (exact) mass is 240 g/mol. The first-order valence-electron chi connectivity index (χ1n) is 6.00. The minimum absolute atomic E-state index is 0.195. The summed E-state index contributed by atoms with van der Waals surface area (Å²) in [5.74, 6) is 0.793. The minimum Gasteiger partial charge on any atom is -0.344 e. The molecule has 0 amide bonds. The summed E-state index contributed by atoms with van der Waals surface area (Å²) in [6.45, 7) is 6.02. The van der Waals surface area contributed by atoms with E-state index in [1.165, 1.54) is 0 Å². The van der Waals surface area contributed by atoms with Gasteiger partial charge in [-0.05, 0) is 25.0 Å². The summed E-state index contributed by atoms with van der Waals surface area (Å²) in [7, 11) is 0. The van der Waals surface area contributed by atoms with Crippen molar-refractivity contribution in [1.82, 2.24) is 15.0 Å². The highest BCUT2D eigenvalue weighted by Gasteiger charge is 2.20. The van der Waals surface area contributed by atoms with Crippen molar-refractivity contribution in [2.24, 2.45) is 5.92 Å². The average molecular weight is 240 g/mol. The summed E-state index contributed by atoms with van der Waals surface area (Å²) < 4.78 is 0. The van der Waals surface area contributed by atoms with Gasteiger partial charge in [0.25, 0.3) is 0 Å². The van der Waals surface area contributed by atoms with Gasteiger partial charge in [-0.15, -0.1) is 0 Å². The Hall–Kier alpha value is -2.15. The summed E-state index contributed by atoms with van der Waals surface area (Å²) in [5.41, 5.74) is 2.90. The van der Waals surface area contributed by atoms with Crippen LogP contribution in [0.25, 0.3) is 11.3 Å². The third-order valence-corrected chi connectivity index (χ3v) is 2.96. The molecular weight excluding hydrogens is 224 g/mol. The molecule has 0 bridgehead atoms. The van der Waals surface area contributed by atoms with Crippen molar-refractivity contribution in [3.63, 3.8) is 0 Å². The van der Waals surface area contributed by atoms with Gasteiger partial charge >= 0.3 is 0 Å². The molecule has 1 unspecified atom stereocenters. The van der Waals surface area contributed by atoms with E-state index in [0.29, 0.717) is 0 Å². The third-order valence-electron chi connectivity index (χ3n) is 2.96. The number of H-pyrrole nitrogens is 1. The Labute approximate surface area is 107 Å². The van der Waals surface area contributed by atoms with E-state index < -0.39 is 0 Å². The molecule has 0 saturated heterocycles. The zero-order chi connectivity index (χ0) is 13.1. The maximum absolute atomic E-state index is 9.20. The molecule has 0 aliphatic carbocycles. The second-order valence-corrected chi connectivity index (χ2v) is 4.68. The number of hydrogen-bond donors (Lipinski definition) is 1. The zero-order valence-electron chi connectivity index (χ0n) is 10.8. The molecule has 92 valence electrons. The van der Waals surface area contributed by atoms with Crippen LogP contribution < -0.4 is 0 Å². The Kier molecular flexibility index (Phi) is 3.42. The lowest BCUT2D eigenvalue weighted by Crippen LogP contribution is -2.06. The van der Waals surface area contributed by atoms with Crippen molar-refractivity contribution in [3.8, 4) is 17.3 Å².